The van der Waals surface area contributed by atoms with Crippen LogP contribution in [0, 0.1) is 6.92 Å². The van der Waals surface area contributed by atoms with E-state index in [0.717, 1.165) is 6.20 Å². The van der Waals surface area contributed by atoms with Gasteiger partial charge in [0.25, 0.3) is 0 Å². The van der Waals surface area contributed by atoms with E-state index >= 15 is 4.39 Å². The van der Waals surface area contributed by atoms with Crippen LogP contribution in [0.15, 0.2) is 11.0 Å². The highest BCUT2D eigenvalue weighted by Crippen LogP contribution is 2.72. The molecule has 2 fully saturated rings. The van der Waals surface area contributed by atoms with Crippen molar-refractivity contribution in [3.05, 3.63) is 22.2 Å². The Balaban J connectivity index is 1.84. The fraction of sp³-hybridized carbons (Fsp3) is 0.636. The zero-order valence-electron chi connectivity index (χ0n) is 15.6. The lowest BCUT2D eigenvalue weighted by Crippen LogP contribution is -2.39. The molecule has 3 unspecified atom stereocenters. The van der Waals surface area contributed by atoms with Gasteiger partial charge in [-0.15, -0.1) is 11.6 Å². The van der Waals surface area contributed by atoms with Crippen LogP contribution in [0.4, 0.5) is 10.2 Å². The number of hydrogen-bond donors (Lipinski definition) is 6. The lowest BCUT2D eigenvalue weighted by Gasteiger charge is -2.24. The number of halogens is 2. The van der Waals surface area contributed by atoms with Gasteiger partial charge in [0.2, 0.25) is 0 Å². The summed E-state index contributed by atoms with van der Waals surface area (Å²) in [6.45, 7) is 1.45. The van der Waals surface area contributed by atoms with Crippen LogP contribution in [0.5, 0.6) is 0 Å². The first-order valence-corrected chi connectivity index (χ1v) is 13.2. The number of fused-ring (bicyclic) bond motifs is 1. The summed E-state index contributed by atoms with van der Waals surface area (Å²) in [6, 6.07) is 0. The van der Waals surface area contributed by atoms with E-state index in [0.29, 0.717) is 4.57 Å². The van der Waals surface area contributed by atoms with Crippen LogP contribution in [-0.4, -0.2) is 63.6 Å². The molecule has 1 aliphatic heterocycles. The Bertz CT molecular complexity index is 1140. The molecule has 21 heteroatoms. The number of aliphatic hydroxyl groups is 1. The molecule has 0 bridgehead atoms. The second-order valence-corrected chi connectivity index (χ2v) is 11.5. The van der Waals surface area contributed by atoms with Crippen molar-refractivity contribution in [2.75, 3.05) is 11.6 Å². The van der Waals surface area contributed by atoms with Crippen molar-refractivity contribution in [2.24, 2.45) is 0 Å². The van der Waals surface area contributed by atoms with Crippen molar-refractivity contribution in [2.45, 2.75) is 36.6 Å². The van der Waals surface area contributed by atoms with Crippen LogP contribution in [0.1, 0.15) is 11.8 Å². The third kappa shape index (κ3) is 4.34. The molecule has 16 nitrogen and oxygen atoms in total. The first kappa shape index (κ1) is 25.8. The minimum Gasteiger partial charge on any atom is -0.383 e. The van der Waals surface area contributed by atoms with Gasteiger partial charge in [-0.3, -0.25) is 9.09 Å². The summed E-state index contributed by atoms with van der Waals surface area (Å²) in [5.74, 6) is -0.891. The zero-order valence-corrected chi connectivity index (χ0v) is 19.0. The fourth-order valence-electron chi connectivity index (χ4n) is 3.27. The van der Waals surface area contributed by atoms with Crippen molar-refractivity contribution >= 4 is 40.9 Å². The molecule has 7 N–H and O–H groups in total. The molecule has 32 heavy (non-hydrogen) atoms. The maximum atomic E-state index is 15.1. The normalized spacial score (nSPS) is 35.7. The van der Waals surface area contributed by atoms with Crippen LogP contribution in [0.25, 0.3) is 0 Å². The number of nitrogens with two attached hydrogens (primary N) is 1. The third-order valence-electron chi connectivity index (χ3n) is 4.72. The SMILES string of the molecule is Cc1cn([C@@H]2O[C@]3(CCl)C(OP(=O)(O)OP(=O)(O)OP(=O)(O)O)[C@]3(O)[C@H]2F)c(=O)nc1N. The number of nitrogens with zero attached hydrogens (tertiary/aromatic N) is 2. The van der Waals surface area contributed by atoms with Crippen molar-refractivity contribution in [1.82, 2.24) is 9.55 Å². The minimum absolute atomic E-state index is 0.138. The molecular weight excluding hydrogens is 530 g/mol. The van der Waals surface area contributed by atoms with Gasteiger partial charge in [-0.05, 0) is 6.92 Å². The summed E-state index contributed by atoms with van der Waals surface area (Å²) >= 11 is 5.74. The van der Waals surface area contributed by atoms with Crippen LogP contribution in [-0.2, 0) is 31.6 Å². The van der Waals surface area contributed by atoms with Crippen LogP contribution >= 0.6 is 35.1 Å². The highest BCUT2D eigenvalue weighted by Gasteiger charge is 2.90. The van der Waals surface area contributed by atoms with Crippen LogP contribution in [0.2, 0.25) is 0 Å². The number of phosphoric ester groups is 1. The molecule has 1 saturated carbocycles. The van der Waals surface area contributed by atoms with E-state index in [1.807, 2.05) is 0 Å². The largest absolute Gasteiger partial charge is 0.490 e. The Labute approximate surface area is 182 Å². The highest BCUT2D eigenvalue weighted by atomic mass is 35.5. The maximum absolute atomic E-state index is 15.1. The van der Waals surface area contributed by atoms with E-state index in [-0.39, 0.29) is 11.4 Å². The molecule has 3 rings (SSSR count). The molecule has 1 aromatic heterocycles. The van der Waals surface area contributed by atoms with Gasteiger partial charge in [0, 0.05) is 11.8 Å². The Morgan fingerprint density at radius 2 is 1.88 bits per heavy atom. The number of hydrogen-bond acceptors (Lipinski definition) is 11. The summed E-state index contributed by atoms with van der Waals surface area (Å²) in [5.41, 5.74) is -0.248. The first-order chi connectivity index (χ1) is 14.4. The molecule has 0 radical (unpaired) electrons. The Kier molecular flexibility index (Phi) is 6.37. The number of aromatic nitrogens is 2. The Hall–Kier alpha value is -0.770. The van der Waals surface area contributed by atoms with Crippen molar-refractivity contribution in [3.63, 3.8) is 0 Å². The molecule has 0 amide bonds. The average molecular weight is 546 g/mol. The molecule has 182 valence electrons. The van der Waals surface area contributed by atoms with Gasteiger partial charge < -0.3 is 35.2 Å². The third-order valence-corrected chi connectivity index (χ3v) is 8.92. The predicted octanol–water partition coefficient (Wildman–Crippen LogP) is -0.565. The van der Waals surface area contributed by atoms with E-state index in [9.17, 15) is 33.4 Å². The number of alkyl halides is 2. The Morgan fingerprint density at radius 3 is 2.38 bits per heavy atom. The molecule has 1 saturated heterocycles. The zero-order chi connectivity index (χ0) is 24.5. The standard InChI is InChI=1S/C11H16ClFN3O13P3/c1-4-2-16(9(17)15-6(4)14)7-5(13)11(18)8(10(11,3-12)26-7)27-31(22,23)29-32(24,25)28-30(19,20)21/h2,5,7-8,18H,3H2,1H3,(H,22,23)(H,24,25)(H2,14,15,17)(H2,19,20,21)/t5-,7+,8?,10+,11+/m0/s1. The lowest BCUT2D eigenvalue weighted by atomic mass is 10.1. The molecule has 0 spiro atoms. The molecule has 1 aliphatic carbocycles. The lowest BCUT2D eigenvalue weighted by molar-refractivity contribution is -0.0852. The van der Waals surface area contributed by atoms with E-state index in [4.69, 9.17) is 31.9 Å². The van der Waals surface area contributed by atoms with Gasteiger partial charge in [-0.25, -0.2) is 22.9 Å². The van der Waals surface area contributed by atoms with Crippen molar-refractivity contribution in [1.29, 1.82) is 0 Å². The number of phosphoric acid groups is 3. The van der Waals surface area contributed by atoms with E-state index in [2.05, 4.69) is 18.1 Å². The van der Waals surface area contributed by atoms with Gasteiger partial charge >= 0.3 is 29.2 Å². The fourth-order valence-corrected chi connectivity index (χ4v) is 6.95. The van der Waals surface area contributed by atoms with Gasteiger partial charge in [-0.2, -0.15) is 13.6 Å². The van der Waals surface area contributed by atoms with Crippen LogP contribution < -0.4 is 11.4 Å². The molecular formula is C11H16ClFN3O13P3. The highest BCUT2D eigenvalue weighted by molar-refractivity contribution is 7.66. The van der Waals surface area contributed by atoms with Crippen molar-refractivity contribution < 1.29 is 60.6 Å². The van der Waals surface area contributed by atoms with Crippen LogP contribution in [0.3, 0.4) is 0 Å². The minimum atomic E-state index is -5.85. The van der Waals surface area contributed by atoms with Crippen molar-refractivity contribution in [3.8, 4) is 0 Å². The van der Waals surface area contributed by atoms with E-state index < -0.39 is 64.7 Å². The van der Waals surface area contributed by atoms with Gasteiger partial charge in [0.1, 0.15) is 17.5 Å². The molecule has 0 aromatic carbocycles. The topological polar surface area (TPSA) is 250 Å². The summed E-state index contributed by atoms with van der Waals surface area (Å²) in [6.07, 6.45) is -5.28. The second-order valence-electron chi connectivity index (χ2n) is 6.83. The van der Waals surface area contributed by atoms with Gasteiger partial charge in [0.05, 0.1) is 5.88 Å². The summed E-state index contributed by atoms with van der Waals surface area (Å²) in [4.78, 5) is 51.4. The van der Waals surface area contributed by atoms with E-state index in [1.165, 1.54) is 6.92 Å². The first-order valence-electron chi connectivity index (χ1n) is 8.17. The smallest absolute Gasteiger partial charge is 0.383 e. The summed E-state index contributed by atoms with van der Waals surface area (Å²) in [5, 5.41) is 10.7. The molecule has 2 heterocycles. The number of anilines is 1. The van der Waals surface area contributed by atoms with E-state index in [1.54, 1.807) is 0 Å². The predicted molar refractivity (Wildman–Crippen MR) is 99.8 cm³/mol. The number of ether oxygens (including phenoxy) is 1. The second kappa shape index (κ2) is 7.89. The maximum Gasteiger partial charge on any atom is 0.490 e. The molecule has 2 aliphatic rings. The van der Waals surface area contributed by atoms with Gasteiger partial charge in [0.15, 0.2) is 18.0 Å². The monoisotopic (exact) mass is 545 g/mol. The summed E-state index contributed by atoms with van der Waals surface area (Å²) in [7, 11) is -17.2. The summed E-state index contributed by atoms with van der Waals surface area (Å²) < 4.78 is 66.9. The quantitative estimate of drug-likeness (QED) is 0.177. The average Bonchev–Trinajstić information content (AvgIpc) is 2.98. The Morgan fingerprint density at radius 1 is 1.28 bits per heavy atom. The number of aryl methyl sites for hydroxylation is 1. The number of nitrogen functional groups attached to an aromatic ring is 1. The molecule has 1 aromatic rings. The number of rotatable bonds is 8. The molecule has 7 atom stereocenters. The van der Waals surface area contributed by atoms with Gasteiger partial charge in [-0.1, -0.05) is 0 Å².